The zero-order chi connectivity index (χ0) is 24.8. The summed E-state index contributed by atoms with van der Waals surface area (Å²) in [5.74, 6) is -6.71. The lowest BCUT2D eigenvalue weighted by Gasteiger charge is -2.45. The lowest BCUT2D eigenvalue weighted by atomic mass is 9.72. The number of nitrogens with one attached hydrogen (secondary N) is 3. The zero-order valence-corrected chi connectivity index (χ0v) is 18.5. The number of aromatic amines is 1. The van der Waals surface area contributed by atoms with E-state index in [4.69, 9.17) is 11.6 Å². The SMILES string of the molecule is Cc1c(C(=O)C(=O)NC2(c3nn[nH]n3)CC(F)(F)C2)cn(C)c1C(=O)Nc1ccc(F)c(Cl)c1. The molecule has 14 heteroatoms. The number of tetrazole rings is 1. The average Bonchev–Trinajstić information content (AvgIpc) is 3.37. The summed E-state index contributed by atoms with van der Waals surface area (Å²) in [6.45, 7) is 1.46. The Morgan fingerprint density at radius 1 is 1.24 bits per heavy atom. The van der Waals surface area contributed by atoms with Crippen LogP contribution in [0.25, 0.3) is 0 Å². The van der Waals surface area contributed by atoms with Crippen LogP contribution in [0.1, 0.15) is 45.1 Å². The number of alkyl halides is 2. The molecule has 2 amide bonds. The Bertz CT molecular complexity index is 1300. The van der Waals surface area contributed by atoms with Crippen molar-refractivity contribution in [3.05, 3.63) is 57.9 Å². The largest absolute Gasteiger partial charge is 0.346 e. The van der Waals surface area contributed by atoms with E-state index in [-0.39, 0.29) is 33.4 Å². The first-order valence-corrected chi connectivity index (χ1v) is 10.2. The fourth-order valence-electron chi connectivity index (χ4n) is 3.97. The van der Waals surface area contributed by atoms with Crippen molar-refractivity contribution < 1.29 is 27.6 Å². The van der Waals surface area contributed by atoms with Crippen molar-refractivity contribution in [3.8, 4) is 0 Å². The monoisotopic (exact) mass is 495 g/mol. The average molecular weight is 496 g/mol. The highest BCUT2D eigenvalue weighted by Crippen LogP contribution is 2.50. The Morgan fingerprint density at radius 3 is 2.53 bits per heavy atom. The number of carbonyl (C=O) groups is 3. The van der Waals surface area contributed by atoms with Crippen molar-refractivity contribution in [1.82, 2.24) is 30.5 Å². The molecule has 1 aromatic carbocycles. The van der Waals surface area contributed by atoms with Gasteiger partial charge >= 0.3 is 0 Å². The number of Topliss-reactive ketones (excluding diaryl/α,β-unsaturated/α-hetero) is 1. The highest BCUT2D eigenvalue weighted by Gasteiger charge is 2.61. The van der Waals surface area contributed by atoms with E-state index in [1.54, 1.807) is 0 Å². The Kier molecular flexibility index (Phi) is 5.67. The van der Waals surface area contributed by atoms with Gasteiger partial charge in [0.2, 0.25) is 0 Å². The van der Waals surface area contributed by atoms with Crippen LogP contribution in [-0.4, -0.2) is 48.7 Å². The van der Waals surface area contributed by atoms with Crippen LogP contribution in [-0.2, 0) is 17.4 Å². The highest BCUT2D eigenvalue weighted by atomic mass is 35.5. The van der Waals surface area contributed by atoms with Gasteiger partial charge in [-0.3, -0.25) is 14.4 Å². The van der Waals surface area contributed by atoms with Crippen molar-refractivity contribution in [3.63, 3.8) is 0 Å². The Labute approximate surface area is 194 Å². The van der Waals surface area contributed by atoms with Crippen LogP contribution < -0.4 is 10.6 Å². The number of H-pyrrole nitrogens is 1. The van der Waals surface area contributed by atoms with Crippen LogP contribution in [0, 0.1) is 12.7 Å². The number of rotatable bonds is 6. The van der Waals surface area contributed by atoms with Gasteiger partial charge in [-0.1, -0.05) is 16.8 Å². The van der Waals surface area contributed by atoms with Gasteiger partial charge in [0.15, 0.2) is 5.82 Å². The van der Waals surface area contributed by atoms with Gasteiger partial charge in [-0.2, -0.15) is 5.21 Å². The number of aromatic nitrogens is 5. The van der Waals surface area contributed by atoms with Crippen LogP contribution >= 0.6 is 11.6 Å². The fourth-order valence-corrected chi connectivity index (χ4v) is 4.15. The van der Waals surface area contributed by atoms with Crippen molar-refractivity contribution in [2.24, 2.45) is 7.05 Å². The number of aryl methyl sites for hydroxylation is 1. The summed E-state index contributed by atoms with van der Waals surface area (Å²) >= 11 is 5.73. The van der Waals surface area contributed by atoms with Crippen molar-refractivity contribution in [1.29, 1.82) is 0 Å². The molecule has 0 unspecified atom stereocenters. The van der Waals surface area contributed by atoms with Crippen LogP contribution in [0.5, 0.6) is 0 Å². The Hall–Kier alpha value is -3.74. The number of benzene rings is 1. The van der Waals surface area contributed by atoms with E-state index in [0.29, 0.717) is 0 Å². The Balaban J connectivity index is 1.55. The summed E-state index contributed by atoms with van der Waals surface area (Å²) < 4.78 is 42.0. The fraction of sp³-hybridized carbons (Fsp3) is 0.300. The van der Waals surface area contributed by atoms with E-state index >= 15 is 0 Å². The van der Waals surface area contributed by atoms with Crippen molar-refractivity contribution in [2.75, 3.05) is 5.32 Å². The van der Waals surface area contributed by atoms with Crippen molar-refractivity contribution >= 4 is 34.9 Å². The summed E-state index contributed by atoms with van der Waals surface area (Å²) in [6, 6.07) is 3.61. The number of carbonyl (C=O) groups excluding carboxylic acids is 3. The number of hydrogen-bond donors (Lipinski definition) is 3. The summed E-state index contributed by atoms with van der Waals surface area (Å²) in [7, 11) is 1.49. The number of hydrogen-bond acceptors (Lipinski definition) is 6. The molecular weight excluding hydrogens is 479 g/mol. The molecule has 0 aliphatic heterocycles. The Morgan fingerprint density at radius 2 is 1.94 bits per heavy atom. The van der Waals surface area contributed by atoms with E-state index in [2.05, 4.69) is 31.3 Å². The summed E-state index contributed by atoms with van der Waals surface area (Å²) in [4.78, 5) is 38.4. The van der Waals surface area contributed by atoms with Crippen LogP contribution in [0.3, 0.4) is 0 Å². The molecule has 0 saturated heterocycles. The lowest BCUT2D eigenvalue weighted by molar-refractivity contribution is -0.149. The molecule has 0 atom stereocenters. The van der Waals surface area contributed by atoms with Gasteiger partial charge in [0.25, 0.3) is 23.5 Å². The van der Waals surface area contributed by atoms with Crippen LogP contribution in [0.15, 0.2) is 24.4 Å². The molecular formula is C20H17ClF3N7O3. The quantitative estimate of drug-likeness (QED) is 0.355. The third-order valence-corrected chi connectivity index (χ3v) is 5.81. The van der Waals surface area contributed by atoms with Crippen LogP contribution in [0.2, 0.25) is 5.02 Å². The number of anilines is 1. The molecule has 0 spiro atoms. The molecule has 2 heterocycles. The van der Waals surface area contributed by atoms with Gasteiger partial charge in [0.05, 0.1) is 5.02 Å². The molecule has 3 N–H and O–H groups in total. The van der Waals surface area contributed by atoms with Crippen molar-refractivity contribution in [2.45, 2.75) is 31.2 Å². The molecule has 0 radical (unpaired) electrons. The maximum Gasteiger partial charge on any atom is 0.293 e. The predicted molar refractivity (Wildman–Crippen MR) is 112 cm³/mol. The normalized spacial score (nSPS) is 15.9. The van der Waals surface area contributed by atoms with E-state index in [1.165, 1.54) is 36.9 Å². The maximum absolute atomic E-state index is 13.6. The first-order chi connectivity index (χ1) is 15.9. The molecule has 2 aromatic heterocycles. The molecule has 1 fully saturated rings. The predicted octanol–water partition coefficient (Wildman–Crippen LogP) is 2.51. The smallest absolute Gasteiger partial charge is 0.293 e. The molecule has 34 heavy (non-hydrogen) atoms. The van der Waals surface area contributed by atoms with E-state index in [9.17, 15) is 27.6 Å². The summed E-state index contributed by atoms with van der Waals surface area (Å²) in [5.41, 5.74) is -1.29. The van der Waals surface area contributed by atoms with E-state index in [0.717, 1.165) is 6.07 Å². The second-order valence-electron chi connectivity index (χ2n) is 8.02. The lowest BCUT2D eigenvalue weighted by Crippen LogP contribution is -2.61. The van der Waals surface area contributed by atoms with E-state index in [1.807, 2.05) is 0 Å². The van der Waals surface area contributed by atoms with E-state index < -0.39 is 47.7 Å². The second kappa shape index (κ2) is 8.24. The molecule has 1 aliphatic carbocycles. The first kappa shape index (κ1) is 23.4. The number of halogens is 4. The van der Waals surface area contributed by atoms with Gasteiger partial charge in [0.1, 0.15) is 17.1 Å². The number of nitrogens with zero attached hydrogens (tertiary/aromatic N) is 4. The molecule has 4 rings (SSSR count). The topological polar surface area (TPSA) is 135 Å². The summed E-state index contributed by atoms with van der Waals surface area (Å²) in [6.07, 6.45) is -0.305. The van der Waals surface area contributed by atoms with Gasteiger partial charge in [-0.25, -0.2) is 13.2 Å². The third-order valence-electron chi connectivity index (χ3n) is 5.53. The minimum absolute atomic E-state index is 0.0552. The highest BCUT2D eigenvalue weighted by molar-refractivity contribution is 6.43. The molecule has 10 nitrogen and oxygen atoms in total. The third kappa shape index (κ3) is 4.14. The second-order valence-corrected chi connectivity index (χ2v) is 8.43. The molecule has 1 aliphatic rings. The maximum atomic E-state index is 13.6. The van der Waals surface area contributed by atoms with Crippen LogP contribution in [0.4, 0.5) is 18.9 Å². The standard InChI is InChI=1S/C20H17ClF3N7O3/c1-9-11(6-31(2)14(9)16(33)25-10-3-4-13(22)12(21)5-10)15(32)17(34)26-19(7-20(23,24)8-19)18-27-29-30-28-18/h3-6H,7-8H2,1-2H3,(H,25,33)(H,26,34)(H,27,28,29,30). The van der Waals surface area contributed by atoms with Gasteiger partial charge in [-0.05, 0) is 30.7 Å². The molecule has 178 valence electrons. The zero-order valence-electron chi connectivity index (χ0n) is 17.7. The van der Waals surface area contributed by atoms with Gasteiger partial charge in [-0.15, -0.1) is 10.2 Å². The summed E-state index contributed by atoms with van der Waals surface area (Å²) in [5, 5.41) is 17.5. The number of amides is 2. The minimum Gasteiger partial charge on any atom is -0.346 e. The molecule has 0 bridgehead atoms. The minimum atomic E-state index is -3.06. The molecule has 3 aromatic rings. The molecule has 1 saturated carbocycles. The first-order valence-electron chi connectivity index (χ1n) is 9.83. The van der Waals surface area contributed by atoms with Gasteiger partial charge in [0, 0.05) is 37.3 Å². The van der Waals surface area contributed by atoms with Gasteiger partial charge < -0.3 is 15.2 Å². The number of ketones is 1.